The monoisotopic (exact) mass is 329 g/mol. The zero-order chi connectivity index (χ0) is 17.9. The lowest BCUT2D eigenvalue weighted by Gasteiger charge is -2.27. The number of aryl methyl sites for hydroxylation is 1. The first kappa shape index (κ1) is 17.0. The van der Waals surface area contributed by atoms with E-state index in [1.807, 2.05) is 19.2 Å². The van der Waals surface area contributed by atoms with Crippen LogP contribution in [0, 0.1) is 6.92 Å². The van der Waals surface area contributed by atoms with Gasteiger partial charge in [0.2, 0.25) is 0 Å². The van der Waals surface area contributed by atoms with Gasteiger partial charge in [0.05, 0.1) is 11.0 Å². The Bertz CT molecular complexity index is 947. The van der Waals surface area contributed by atoms with Crippen molar-refractivity contribution < 1.29 is 0 Å². The first-order chi connectivity index (χ1) is 12.0. The summed E-state index contributed by atoms with van der Waals surface area (Å²) in [5.74, 6) is 0. The molecule has 3 heteroatoms. The Labute approximate surface area is 149 Å². The number of aromatic nitrogens is 2. The lowest BCUT2D eigenvalue weighted by Crippen LogP contribution is -2.28. The fourth-order valence-corrected chi connectivity index (χ4v) is 3.29. The highest BCUT2D eigenvalue weighted by Crippen LogP contribution is 2.29. The second-order valence-electron chi connectivity index (χ2n) is 6.65. The molecular weight excluding hydrogens is 306 g/mol. The smallest absolute Gasteiger partial charge is 0.0958 e. The van der Waals surface area contributed by atoms with E-state index in [0.29, 0.717) is 0 Å². The van der Waals surface area contributed by atoms with Crippen molar-refractivity contribution in [3.8, 4) is 0 Å². The molecule has 3 aromatic rings. The highest BCUT2D eigenvalue weighted by atomic mass is 14.8. The van der Waals surface area contributed by atoms with Gasteiger partial charge >= 0.3 is 0 Å². The van der Waals surface area contributed by atoms with Gasteiger partial charge in [0.25, 0.3) is 0 Å². The van der Waals surface area contributed by atoms with E-state index in [0.717, 1.165) is 22.3 Å². The number of nitrogens with zero attached hydrogens (tertiary/aromatic N) is 3. The maximum absolute atomic E-state index is 4.57. The zero-order valence-electron chi connectivity index (χ0n) is 15.2. The number of allylic oxidation sites excluding steroid dienone is 1. The summed E-state index contributed by atoms with van der Waals surface area (Å²) >= 11 is 0. The summed E-state index contributed by atoms with van der Waals surface area (Å²) in [5.41, 5.74) is 6.28. The summed E-state index contributed by atoms with van der Waals surface area (Å²) < 4.78 is 0. The van der Waals surface area contributed by atoms with Crippen LogP contribution in [0.1, 0.15) is 30.5 Å². The fourth-order valence-electron chi connectivity index (χ4n) is 3.29. The van der Waals surface area contributed by atoms with Crippen molar-refractivity contribution in [3.05, 3.63) is 77.6 Å². The predicted octanol–water partition coefficient (Wildman–Crippen LogP) is 5.00. The summed E-state index contributed by atoms with van der Waals surface area (Å²) in [5, 5.41) is 0. The van der Waals surface area contributed by atoms with E-state index in [1.54, 1.807) is 12.4 Å². The van der Waals surface area contributed by atoms with Crippen molar-refractivity contribution in [2.75, 3.05) is 7.05 Å². The van der Waals surface area contributed by atoms with Gasteiger partial charge in [0.1, 0.15) is 0 Å². The molecule has 3 rings (SSSR count). The van der Waals surface area contributed by atoms with E-state index in [9.17, 15) is 0 Å². The molecule has 0 aliphatic carbocycles. The second kappa shape index (κ2) is 6.98. The van der Waals surface area contributed by atoms with Crippen molar-refractivity contribution in [3.63, 3.8) is 0 Å². The highest BCUT2D eigenvalue weighted by molar-refractivity contribution is 6.06. The van der Waals surface area contributed by atoms with Crippen LogP contribution >= 0.6 is 0 Å². The van der Waals surface area contributed by atoms with Crippen molar-refractivity contribution in [2.24, 2.45) is 4.99 Å². The van der Waals surface area contributed by atoms with Gasteiger partial charge in [-0.15, -0.1) is 0 Å². The van der Waals surface area contributed by atoms with Crippen LogP contribution in [-0.2, 0) is 5.41 Å². The third kappa shape index (κ3) is 3.36. The SMILES string of the molecule is CN=C(/C=C/c1cccc2nccnc12)C(C)(C)c1ccccc1C. The van der Waals surface area contributed by atoms with E-state index in [4.69, 9.17) is 0 Å². The Morgan fingerprint density at radius 3 is 2.52 bits per heavy atom. The van der Waals surface area contributed by atoms with E-state index in [-0.39, 0.29) is 5.41 Å². The highest BCUT2D eigenvalue weighted by Gasteiger charge is 2.26. The number of benzene rings is 2. The average Bonchev–Trinajstić information content (AvgIpc) is 2.62. The van der Waals surface area contributed by atoms with Gasteiger partial charge in [-0.25, -0.2) is 0 Å². The van der Waals surface area contributed by atoms with Crippen LogP contribution in [0.15, 0.2) is 65.9 Å². The first-order valence-electron chi connectivity index (χ1n) is 8.45. The average molecular weight is 329 g/mol. The van der Waals surface area contributed by atoms with Crippen LogP contribution in [-0.4, -0.2) is 22.7 Å². The minimum absolute atomic E-state index is 0.174. The molecule has 0 atom stereocenters. The van der Waals surface area contributed by atoms with Gasteiger partial charge in [0.15, 0.2) is 0 Å². The Hall–Kier alpha value is -2.81. The molecule has 0 unspecified atom stereocenters. The van der Waals surface area contributed by atoms with E-state index in [2.05, 4.69) is 78.2 Å². The number of fused-ring (bicyclic) bond motifs is 1. The molecular formula is C22H23N3. The first-order valence-corrected chi connectivity index (χ1v) is 8.45. The topological polar surface area (TPSA) is 38.1 Å². The van der Waals surface area contributed by atoms with Crippen molar-refractivity contribution in [1.29, 1.82) is 0 Å². The molecule has 0 radical (unpaired) electrons. The second-order valence-corrected chi connectivity index (χ2v) is 6.65. The number of aliphatic imine (C=N–C) groups is 1. The van der Waals surface area contributed by atoms with Crippen molar-refractivity contribution >= 4 is 22.8 Å². The number of rotatable bonds is 4. The lowest BCUT2D eigenvalue weighted by molar-refractivity contribution is 0.713. The van der Waals surface area contributed by atoms with Crippen LogP contribution in [0.5, 0.6) is 0 Å². The van der Waals surface area contributed by atoms with Crippen molar-refractivity contribution in [1.82, 2.24) is 9.97 Å². The minimum atomic E-state index is -0.174. The number of hydrogen-bond donors (Lipinski definition) is 0. The van der Waals surface area contributed by atoms with Crippen LogP contribution in [0.3, 0.4) is 0 Å². The zero-order valence-corrected chi connectivity index (χ0v) is 15.2. The molecule has 2 aromatic carbocycles. The van der Waals surface area contributed by atoms with Gasteiger partial charge in [-0.3, -0.25) is 15.0 Å². The molecule has 0 aliphatic heterocycles. The fraction of sp³-hybridized carbons (Fsp3) is 0.227. The number of para-hydroxylation sites is 1. The molecule has 1 heterocycles. The molecule has 0 fully saturated rings. The van der Waals surface area contributed by atoms with Crippen LogP contribution in [0.25, 0.3) is 17.1 Å². The Morgan fingerprint density at radius 1 is 1.00 bits per heavy atom. The van der Waals surface area contributed by atoms with E-state index in [1.165, 1.54) is 11.1 Å². The molecule has 0 bridgehead atoms. The maximum Gasteiger partial charge on any atom is 0.0958 e. The third-order valence-corrected chi connectivity index (χ3v) is 4.65. The molecule has 1 aromatic heterocycles. The quantitative estimate of drug-likeness (QED) is 0.632. The Kier molecular flexibility index (Phi) is 4.75. The van der Waals surface area contributed by atoms with Gasteiger partial charge < -0.3 is 0 Å². The van der Waals surface area contributed by atoms with Crippen LogP contribution in [0.2, 0.25) is 0 Å². The molecule has 25 heavy (non-hydrogen) atoms. The molecule has 0 N–H and O–H groups in total. The van der Waals surface area contributed by atoms with Gasteiger partial charge in [-0.2, -0.15) is 0 Å². The van der Waals surface area contributed by atoms with E-state index < -0.39 is 0 Å². The Balaban J connectivity index is 2.00. The summed E-state index contributed by atoms with van der Waals surface area (Å²) in [7, 11) is 1.85. The molecule has 126 valence electrons. The number of hydrogen-bond acceptors (Lipinski definition) is 3. The molecule has 3 nitrogen and oxygen atoms in total. The van der Waals surface area contributed by atoms with Gasteiger partial charge in [-0.05, 0) is 30.2 Å². The lowest BCUT2D eigenvalue weighted by atomic mass is 9.77. The minimum Gasteiger partial charge on any atom is -0.292 e. The standard InChI is InChI=1S/C22H23N3/c1-16-8-5-6-10-18(16)22(2,3)20(23-4)13-12-17-9-7-11-19-21(17)25-15-14-24-19/h5-15H,1-4H3/b13-12+,23-20?. The third-order valence-electron chi connectivity index (χ3n) is 4.65. The van der Waals surface area contributed by atoms with Gasteiger partial charge in [-0.1, -0.05) is 56.3 Å². The normalized spacial score (nSPS) is 12.9. The Morgan fingerprint density at radius 2 is 1.76 bits per heavy atom. The van der Waals surface area contributed by atoms with Crippen LogP contribution in [0.4, 0.5) is 0 Å². The molecule has 0 aliphatic rings. The predicted molar refractivity (Wildman–Crippen MR) is 106 cm³/mol. The summed E-state index contributed by atoms with van der Waals surface area (Å²) in [6, 6.07) is 14.5. The van der Waals surface area contributed by atoms with Crippen LogP contribution < -0.4 is 0 Å². The van der Waals surface area contributed by atoms with E-state index >= 15 is 0 Å². The largest absolute Gasteiger partial charge is 0.292 e. The molecule has 0 spiro atoms. The summed E-state index contributed by atoms with van der Waals surface area (Å²) in [6.07, 6.45) is 7.62. The van der Waals surface area contributed by atoms with Gasteiger partial charge in [0, 0.05) is 36.1 Å². The summed E-state index contributed by atoms with van der Waals surface area (Å²) in [6.45, 7) is 6.57. The van der Waals surface area contributed by atoms with Crippen molar-refractivity contribution in [2.45, 2.75) is 26.2 Å². The molecule has 0 saturated heterocycles. The summed E-state index contributed by atoms with van der Waals surface area (Å²) in [4.78, 5) is 13.4. The maximum atomic E-state index is 4.57. The molecule has 0 saturated carbocycles. The molecule has 0 amide bonds.